The highest BCUT2D eigenvalue weighted by molar-refractivity contribution is 5.69. The summed E-state index contributed by atoms with van der Waals surface area (Å²) in [6.45, 7) is 5.98. The second kappa shape index (κ2) is 6.01. The van der Waals surface area contributed by atoms with E-state index in [0.717, 1.165) is 0 Å². The summed E-state index contributed by atoms with van der Waals surface area (Å²) in [4.78, 5) is 13.5. The van der Waals surface area contributed by atoms with Crippen LogP contribution in [-0.4, -0.2) is 24.0 Å². The first-order valence-corrected chi connectivity index (χ1v) is 6.69. The van der Waals surface area contributed by atoms with Crippen LogP contribution in [0.3, 0.4) is 0 Å². The van der Waals surface area contributed by atoms with Crippen LogP contribution in [0.4, 0.5) is 0 Å². The van der Waals surface area contributed by atoms with Gasteiger partial charge in [0.15, 0.2) is 0 Å². The maximum absolute atomic E-state index is 11.0. The van der Waals surface area contributed by atoms with Crippen LogP contribution < -0.4 is 4.74 Å². The Labute approximate surface area is 109 Å². The highest BCUT2D eigenvalue weighted by Gasteiger charge is 2.18. The third-order valence-corrected chi connectivity index (χ3v) is 3.54. The first-order chi connectivity index (χ1) is 8.66. The molecule has 1 aliphatic heterocycles. The highest BCUT2D eigenvalue weighted by atomic mass is 16.5. The molecule has 0 spiro atoms. The normalized spacial score (nSPS) is 18.3. The van der Waals surface area contributed by atoms with Gasteiger partial charge in [-0.25, -0.2) is 0 Å². The van der Waals surface area contributed by atoms with Crippen LogP contribution in [0, 0.1) is 0 Å². The van der Waals surface area contributed by atoms with E-state index in [4.69, 9.17) is 4.74 Å². The van der Waals surface area contributed by atoms with Gasteiger partial charge in [0.25, 0.3) is 0 Å². The number of hydrogen-bond acceptors (Lipinski definition) is 3. The lowest BCUT2D eigenvalue weighted by Crippen LogP contribution is -2.32. The van der Waals surface area contributed by atoms with Crippen molar-refractivity contribution in [3.8, 4) is 5.75 Å². The summed E-state index contributed by atoms with van der Waals surface area (Å²) in [6, 6.07) is 8.25. The van der Waals surface area contributed by atoms with E-state index in [1.54, 1.807) is 0 Å². The number of benzene rings is 1. The molecule has 0 aromatic heterocycles. The maximum Gasteiger partial charge on any atom is 0.308 e. The Kier molecular flexibility index (Phi) is 4.37. The van der Waals surface area contributed by atoms with Gasteiger partial charge in [0, 0.05) is 13.0 Å². The number of nitrogens with zero attached hydrogens (tertiary/aromatic N) is 1. The SMILES string of the molecule is CC(=O)Oc1cccc(C(C)N2CCCCC2)c1. The molecule has 1 aliphatic rings. The molecule has 3 heteroatoms. The minimum absolute atomic E-state index is 0.266. The van der Waals surface area contributed by atoms with Crippen LogP contribution in [0.5, 0.6) is 5.75 Å². The van der Waals surface area contributed by atoms with Gasteiger partial charge in [0.1, 0.15) is 5.75 Å². The summed E-state index contributed by atoms with van der Waals surface area (Å²) >= 11 is 0. The van der Waals surface area contributed by atoms with Gasteiger partial charge in [-0.15, -0.1) is 0 Å². The van der Waals surface area contributed by atoms with Crippen LogP contribution in [0.2, 0.25) is 0 Å². The fourth-order valence-electron chi connectivity index (χ4n) is 2.52. The summed E-state index contributed by atoms with van der Waals surface area (Å²) in [5.41, 5.74) is 1.22. The predicted octanol–water partition coefficient (Wildman–Crippen LogP) is 3.16. The Morgan fingerprint density at radius 2 is 2.00 bits per heavy atom. The standard InChI is InChI=1S/C15H21NO2/c1-12(16-9-4-3-5-10-16)14-7-6-8-15(11-14)18-13(2)17/h6-8,11-12H,3-5,9-10H2,1-2H3. The zero-order valence-electron chi connectivity index (χ0n) is 11.2. The van der Waals surface area contributed by atoms with E-state index >= 15 is 0 Å². The molecule has 1 aromatic rings. The first kappa shape index (κ1) is 13.1. The van der Waals surface area contributed by atoms with Crippen molar-refractivity contribution in [3.05, 3.63) is 29.8 Å². The van der Waals surface area contributed by atoms with Crippen molar-refractivity contribution in [1.29, 1.82) is 0 Å². The van der Waals surface area contributed by atoms with Gasteiger partial charge >= 0.3 is 5.97 Å². The van der Waals surface area contributed by atoms with E-state index in [-0.39, 0.29) is 5.97 Å². The smallest absolute Gasteiger partial charge is 0.308 e. The van der Waals surface area contributed by atoms with E-state index in [1.807, 2.05) is 18.2 Å². The summed E-state index contributed by atoms with van der Waals surface area (Å²) in [6.07, 6.45) is 3.92. The van der Waals surface area contributed by atoms with Crippen molar-refractivity contribution in [2.45, 2.75) is 39.2 Å². The molecule has 2 rings (SSSR count). The molecule has 3 nitrogen and oxygen atoms in total. The minimum atomic E-state index is -0.266. The zero-order valence-corrected chi connectivity index (χ0v) is 11.2. The molecule has 18 heavy (non-hydrogen) atoms. The van der Waals surface area contributed by atoms with Gasteiger partial charge in [-0.3, -0.25) is 9.69 Å². The molecule has 1 saturated heterocycles. The Balaban J connectivity index is 2.09. The molecule has 1 aromatic carbocycles. The fourth-order valence-corrected chi connectivity index (χ4v) is 2.52. The molecule has 98 valence electrons. The zero-order chi connectivity index (χ0) is 13.0. The topological polar surface area (TPSA) is 29.5 Å². The average Bonchev–Trinajstić information content (AvgIpc) is 2.38. The van der Waals surface area contributed by atoms with Crippen LogP contribution in [-0.2, 0) is 4.79 Å². The summed E-state index contributed by atoms with van der Waals surface area (Å²) in [7, 11) is 0. The summed E-state index contributed by atoms with van der Waals surface area (Å²) < 4.78 is 5.13. The summed E-state index contributed by atoms with van der Waals surface area (Å²) in [5.74, 6) is 0.377. The van der Waals surface area contributed by atoms with Crippen molar-refractivity contribution in [3.63, 3.8) is 0 Å². The first-order valence-electron chi connectivity index (χ1n) is 6.69. The van der Waals surface area contributed by atoms with Gasteiger partial charge in [0.2, 0.25) is 0 Å². The lowest BCUT2D eigenvalue weighted by molar-refractivity contribution is -0.131. The molecule has 1 heterocycles. The number of hydrogen-bond donors (Lipinski definition) is 0. The van der Waals surface area contributed by atoms with Crippen molar-refractivity contribution in [1.82, 2.24) is 4.90 Å². The Morgan fingerprint density at radius 1 is 1.28 bits per heavy atom. The van der Waals surface area contributed by atoms with Gasteiger partial charge in [0.05, 0.1) is 0 Å². The van der Waals surface area contributed by atoms with E-state index < -0.39 is 0 Å². The number of likely N-dealkylation sites (tertiary alicyclic amines) is 1. The molecule has 0 bridgehead atoms. The number of esters is 1. The molecule has 0 amide bonds. The van der Waals surface area contributed by atoms with Gasteiger partial charge in [-0.1, -0.05) is 18.6 Å². The number of piperidine rings is 1. The van der Waals surface area contributed by atoms with E-state index in [1.165, 1.54) is 44.8 Å². The molecule has 0 N–H and O–H groups in total. The predicted molar refractivity (Wildman–Crippen MR) is 71.6 cm³/mol. The number of carbonyl (C=O) groups excluding carboxylic acids is 1. The lowest BCUT2D eigenvalue weighted by atomic mass is 10.0. The second-order valence-corrected chi connectivity index (χ2v) is 4.94. The van der Waals surface area contributed by atoms with Gasteiger partial charge < -0.3 is 4.74 Å². The molecule has 0 aliphatic carbocycles. The van der Waals surface area contributed by atoms with Crippen LogP contribution in [0.1, 0.15) is 44.7 Å². The van der Waals surface area contributed by atoms with Crippen molar-refractivity contribution >= 4 is 5.97 Å². The molecule has 1 fully saturated rings. The average molecular weight is 247 g/mol. The largest absolute Gasteiger partial charge is 0.427 e. The monoisotopic (exact) mass is 247 g/mol. The fraction of sp³-hybridized carbons (Fsp3) is 0.533. The molecular formula is C15H21NO2. The number of ether oxygens (including phenoxy) is 1. The minimum Gasteiger partial charge on any atom is -0.427 e. The van der Waals surface area contributed by atoms with Gasteiger partial charge in [-0.05, 0) is 50.6 Å². The van der Waals surface area contributed by atoms with E-state index in [9.17, 15) is 4.79 Å². The van der Waals surface area contributed by atoms with E-state index in [0.29, 0.717) is 11.8 Å². The Bertz CT molecular complexity index is 411. The van der Waals surface area contributed by atoms with Crippen molar-refractivity contribution in [2.75, 3.05) is 13.1 Å². The third kappa shape index (κ3) is 3.33. The molecule has 1 atom stereocenters. The van der Waals surface area contributed by atoms with E-state index in [2.05, 4.69) is 17.9 Å². The number of carbonyl (C=O) groups is 1. The number of rotatable bonds is 3. The van der Waals surface area contributed by atoms with Crippen LogP contribution in [0.25, 0.3) is 0 Å². The van der Waals surface area contributed by atoms with Crippen molar-refractivity contribution < 1.29 is 9.53 Å². The Morgan fingerprint density at radius 3 is 2.67 bits per heavy atom. The van der Waals surface area contributed by atoms with Gasteiger partial charge in [-0.2, -0.15) is 0 Å². The summed E-state index contributed by atoms with van der Waals surface area (Å²) in [5, 5.41) is 0. The van der Waals surface area contributed by atoms with Crippen molar-refractivity contribution in [2.24, 2.45) is 0 Å². The second-order valence-electron chi connectivity index (χ2n) is 4.94. The highest BCUT2D eigenvalue weighted by Crippen LogP contribution is 2.26. The molecule has 1 unspecified atom stereocenters. The lowest BCUT2D eigenvalue weighted by Gasteiger charge is -2.32. The Hall–Kier alpha value is -1.35. The van der Waals surface area contributed by atoms with Crippen LogP contribution >= 0.6 is 0 Å². The van der Waals surface area contributed by atoms with Crippen LogP contribution in [0.15, 0.2) is 24.3 Å². The maximum atomic E-state index is 11.0. The molecular weight excluding hydrogens is 226 g/mol. The quantitative estimate of drug-likeness (QED) is 0.607. The third-order valence-electron chi connectivity index (χ3n) is 3.54. The molecule has 0 saturated carbocycles. The molecule has 0 radical (unpaired) electrons.